The number of rotatable bonds is 8. The van der Waals surface area contributed by atoms with Gasteiger partial charge >= 0.3 is 0 Å². The Hall–Kier alpha value is -1.71. The molecule has 3 heteroatoms. The highest BCUT2D eigenvalue weighted by molar-refractivity contribution is 5.78. The summed E-state index contributed by atoms with van der Waals surface area (Å²) in [5.74, 6) is 0. The van der Waals surface area contributed by atoms with Gasteiger partial charge in [-0.25, -0.2) is 0 Å². The first-order valence-corrected chi connectivity index (χ1v) is 9.45. The Morgan fingerprint density at radius 2 is 1.88 bits per heavy atom. The number of benzene rings is 1. The Kier molecular flexibility index (Phi) is 8.10. The Labute approximate surface area is 153 Å². The third-order valence-electron chi connectivity index (χ3n) is 4.96. The molecule has 0 spiro atoms. The molecule has 1 aromatic carbocycles. The maximum atomic E-state index is 4.22. The number of hydrogen-bond acceptors (Lipinski definition) is 3. The summed E-state index contributed by atoms with van der Waals surface area (Å²) in [4.78, 5) is 9.22. The van der Waals surface area contributed by atoms with E-state index in [-0.39, 0.29) is 0 Å². The van der Waals surface area contributed by atoms with Crippen LogP contribution in [-0.2, 0) is 13.0 Å². The largest absolute Gasteiger partial charge is 0.299 e. The van der Waals surface area contributed by atoms with Crippen molar-refractivity contribution in [1.82, 2.24) is 9.80 Å². The third-order valence-corrected chi connectivity index (χ3v) is 4.96. The first-order valence-electron chi connectivity index (χ1n) is 9.45. The van der Waals surface area contributed by atoms with Gasteiger partial charge in [0, 0.05) is 31.5 Å². The highest BCUT2D eigenvalue weighted by atomic mass is 15.2. The minimum atomic E-state index is 0.644. The lowest BCUT2D eigenvalue weighted by Crippen LogP contribution is -2.43. The molecule has 1 aliphatic rings. The van der Waals surface area contributed by atoms with Gasteiger partial charge in [-0.3, -0.25) is 14.8 Å². The first-order chi connectivity index (χ1) is 12.1. The fraction of sp³-hybridized carbons (Fsp3) is 0.500. The smallest absolute Gasteiger partial charge is 0.0306 e. The predicted molar refractivity (Wildman–Crippen MR) is 109 cm³/mol. The Morgan fingerprint density at radius 3 is 2.48 bits per heavy atom. The summed E-state index contributed by atoms with van der Waals surface area (Å²) in [6.45, 7) is 12.6. The van der Waals surface area contributed by atoms with E-state index in [0.717, 1.165) is 25.1 Å². The molecule has 136 valence electrons. The van der Waals surface area contributed by atoms with Crippen molar-refractivity contribution in [3.05, 3.63) is 59.8 Å². The molecule has 0 radical (unpaired) electrons. The van der Waals surface area contributed by atoms with Crippen LogP contribution in [0.25, 0.3) is 0 Å². The summed E-state index contributed by atoms with van der Waals surface area (Å²) < 4.78 is 0. The van der Waals surface area contributed by atoms with Crippen LogP contribution in [0.5, 0.6) is 0 Å². The molecule has 0 unspecified atom stereocenters. The van der Waals surface area contributed by atoms with Crippen molar-refractivity contribution in [1.29, 1.82) is 0 Å². The Morgan fingerprint density at radius 1 is 1.24 bits per heavy atom. The van der Waals surface area contributed by atoms with Crippen LogP contribution in [0.4, 0.5) is 0 Å². The molecule has 1 saturated heterocycles. The molecular formula is C22H33N3. The van der Waals surface area contributed by atoms with Gasteiger partial charge in [-0.05, 0) is 63.0 Å². The number of hydrogen-bond donors (Lipinski definition) is 0. The van der Waals surface area contributed by atoms with E-state index in [2.05, 4.69) is 59.6 Å². The van der Waals surface area contributed by atoms with E-state index in [9.17, 15) is 0 Å². The zero-order valence-corrected chi connectivity index (χ0v) is 16.1. The van der Waals surface area contributed by atoms with Crippen molar-refractivity contribution in [2.24, 2.45) is 4.99 Å². The van der Waals surface area contributed by atoms with E-state index in [1.165, 1.54) is 37.1 Å². The van der Waals surface area contributed by atoms with Crippen molar-refractivity contribution < 1.29 is 0 Å². The number of aryl methyl sites for hydroxylation is 1. The van der Waals surface area contributed by atoms with E-state index in [0.29, 0.717) is 6.04 Å². The Balaban J connectivity index is 1.75. The number of likely N-dealkylation sites (tertiary alicyclic amines) is 1. The molecule has 0 saturated carbocycles. The summed E-state index contributed by atoms with van der Waals surface area (Å²) in [6, 6.07) is 9.73. The molecule has 1 fully saturated rings. The molecule has 1 aromatic rings. The average Bonchev–Trinajstić information content (AvgIpc) is 2.63. The number of allylic oxidation sites excluding steroid dienone is 1. The van der Waals surface area contributed by atoms with Crippen LogP contribution >= 0.6 is 0 Å². The van der Waals surface area contributed by atoms with Crippen molar-refractivity contribution in [3.63, 3.8) is 0 Å². The van der Waals surface area contributed by atoms with Crippen LogP contribution in [-0.4, -0.2) is 48.7 Å². The van der Waals surface area contributed by atoms with Crippen LogP contribution in [0, 0.1) is 0 Å². The van der Waals surface area contributed by atoms with E-state index < -0.39 is 0 Å². The fourth-order valence-electron chi connectivity index (χ4n) is 3.38. The van der Waals surface area contributed by atoms with Gasteiger partial charge in [0.25, 0.3) is 0 Å². The fourth-order valence-corrected chi connectivity index (χ4v) is 3.38. The summed E-state index contributed by atoms with van der Waals surface area (Å²) in [5.41, 5.74) is 3.92. The van der Waals surface area contributed by atoms with E-state index in [1.54, 1.807) is 6.20 Å². The number of nitrogens with zero attached hydrogens (tertiary/aromatic N) is 3. The zero-order chi connectivity index (χ0) is 18.1. The molecule has 1 aliphatic heterocycles. The van der Waals surface area contributed by atoms with Crippen LogP contribution in [0.1, 0.15) is 37.8 Å². The van der Waals surface area contributed by atoms with E-state index in [1.807, 2.05) is 19.2 Å². The molecule has 0 atom stereocenters. The summed E-state index contributed by atoms with van der Waals surface area (Å²) in [6.07, 6.45) is 9.16. The molecular weight excluding hydrogens is 306 g/mol. The molecule has 1 heterocycles. The summed E-state index contributed by atoms with van der Waals surface area (Å²) in [7, 11) is 2.21. The maximum absolute atomic E-state index is 4.22. The Bertz CT molecular complexity index is 578. The molecule has 0 bridgehead atoms. The summed E-state index contributed by atoms with van der Waals surface area (Å²) in [5, 5.41) is 0. The number of aliphatic imine (C=N–C) groups is 1. The van der Waals surface area contributed by atoms with E-state index >= 15 is 0 Å². The standard InChI is InChI=1S/C22H33N3/c1-5-13-23-16-19(3)17-24(4)22-11-14-25(15-12-22)18-21-9-7-20(6-2)8-10-21/h5,7-10,13,16,22H,3,6,11-12,14-15,17-18H2,1-2,4H3/b13-5-,23-16?. The van der Waals surface area contributed by atoms with Gasteiger partial charge in [0.2, 0.25) is 0 Å². The van der Waals surface area contributed by atoms with Crippen LogP contribution in [0.2, 0.25) is 0 Å². The minimum absolute atomic E-state index is 0.644. The normalized spacial score (nSPS) is 17.1. The second kappa shape index (κ2) is 10.3. The molecule has 25 heavy (non-hydrogen) atoms. The quantitative estimate of drug-likeness (QED) is 0.657. The number of likely N-dealkylation sites (N-methyl/N-ethyl adjacent to an activating group) is 1. The van der Waals surface area contributed by atoms with Gasteiger partial charge in [0.05, 0.1) is 0 Å². The van der Waals surface area contributed by atoms with Gasteiger partial charge < -0.3 is 0 Å². The van der Waals surface area contributed by atoms with Crippen LogP contribution < -0.4 is 0 Å². The second-order valence-corrected chi connectivity index (χ2v) is 7.01. The lowest BCUT2D eigenvalue weighted by atomic mass is 10.0. The molecule has 0 N–H and O–H groups in total. The number of piperidine rings is 1. The molecule has 0 amide bonds. The highest BCUT2D eigenvalue weighted by Crippen LogP contribution is 2.18. The molecule has 3 nitrogen and oxygen atoms in total. The second-order valence-electron chi connectivity index (χ2n) is 7.01. The van der Waals surface area contributed by atoms with Gasteiger partial charge in [-0.2, -0.15) is 0 Å². The van der Waals surface area contributed by atoms with Gasteiger partial charge in [-0.15, -0.1) is 0 Å². The molecule has 0 aliphatic carbocycles. The molecule has 2 rings (SSSR count). The van der Waals surface area contributed by atoms with Crippen molar-refractivity contribution in [3.8, 4) is 0 Å². The van der Waals surface area contributed by atoms with Crippen LogP contribution in [0.15, 0.2) is 53.7 Å². The van der Waals surface area contributed by atoms with Crippen molar-refractivity contribution in [2.75, 3.05) is 26.7 Å². The third kappa shape index (κ3) is 6.60. The SMILES string of the molecule is C=C(C=N/C=C\C)CN(C)C1CCN(Cc2ccc(CC)cc2)CC1. The van der Waals surface area contributed by atoms with Gasteiger partial charge in [-0.1, -0.05) is 43.8 Å². The molecule has 0 aromatic heterocycles. The van der Waals surface area contributed by atoms with Crippen molar-refractivity contribution in [2.45, 2.75) is 45.7 Å². The topological polar surface area (TPSA) is 18.8 Å². The van der Waals surface area contributed by atoms with Gasteiger partial charge in [0.1, 0.15) is 0 Å². The summed E-state index contributed by atoms with van der Waals surface area (Å²) >= 11 is 0. The zero-order valence-electron chi connectivity index (χ0n) is 16.1. The van der Waals surface area contributed by atoms with Gasteiger partial charge in [0.15, 0.2) is 0 Å². The lowest BCUT2D eigenvalue weighted by molar-refractivity contribution is 0.130. The predicted octanol–water partition coefficient (Wildman–Crippen LogP) is 4.31. The van der Waals surface area contributed by atoms with Crippen LogP contribution in [0.3, 0.4) is 0 Å². The van der Waals surface area contributed by atoms with E-state index in [4.69, 9.17) is 0 Å². The van der Waals surface area contributed by atoms with Crippen molar-refractivity contribution >= 4 is 6.21 Å². The maximum Gasteiger partial charge on any atom is 0.0306 e. The lowest BCUT2D eigenvalue weighted by Gasteiger charge is -2.36. The average molecular weight is 340 g/mol. The highest BCUT2D eigenvalue weighted by Gasteiger charge is 2.22. The minimum Gasteiger partial charge on any atom is -0.299 e. The monoisotopic (exact) mass is 339 g/mol. The first kappa shape index (κ1) is 19.6.